The van der Waals surface area contributed by atoms with Gasteiger partial charge < -0.3 is 9.47 Å². The van der Waals surface area contributed by atoms with Gasteiger partial charge in [0.1, 0.15) is 0 Å². The first-order valence-corrected chi connectivity index (χ1v) is 6.68. The van der Waals surface area contributed by atoms with Crippen molar-refractivity contribution in [2.45, 2.75) is 25.9 Å². The molecule has 0 N–H and O–H groups in total. The van der Waals surface area contributed by atoms with Gasteiger partial charge in [0.15, 0.2) is 0 Å². The lowest BCUT2D eigenvalue weighted by Crippen LogP contribution is -2.53. The van der Waals surface area contributed by atoms with Crippen LogP contribution >= 0.6 is 0 Å². The van der Waals surface area contributed by atoms with Crippen LogP contribution in [0, 0.1) is 0 Å². The van der Waals surface area contributed by atoms with E-state index in [2.05, 4.69) is 0 Å². The van der Waals surface area contributed by atoms with Crippen molar-refractivity contribution in [2.24, 2.45) is 0 Å². The molecule has 1 heterocycles. The summed E-state index contributed by atoms with van der Waals surface area (Å²) in [7, 11) is -1.71. The Hall–Kier alpha value is -0.170. The van der Waals surface area contributed by atoms with Crippen LogP contribution in [0.5, 0.6) is 0 Å². The van der Waals surface area contributed by atoms with E-state index in [4.69, 9.17) is 9.47 Å². The van der Waals surface area contributed by atoms with E-state index in [0.29, 0.717) is 13.2 Å². The molecule has 1 rings (SSSR count). The largest absolute Gasteiger partial charge is 0.384 e. The van der Waals surface area contributed by atoms with Gasteiger partial charge in [-0.1, -0.05) is 0 Å². The maximum atomic E-state index is 12.0. The van der Waals surface area contributed by atoms with Crippen LogP contribution in [0.3, 0.4) is 0 Å². The first-order chi connectivity index (χ1) is 6.99. The minimum absolute atomic E-state index is 0.0399. The van der Waals surface area contributed by atoms with Gasteiger partial charge in [-0.2, -0.15) is 4.31 Å². The lowest BCUT2D eigenvalue weighted by Gasteiger charge is -2.37. The monoisotopic (exact) mass is 237 g/mol. The van der Waals surface area contributed by atoms with Crippen molar-refractivity contribution in [2.75, 3.05) is 32.7 Å². The molecular formula is C9H19NO4S. The molecule has 2 unspecified atom stereocenters. The highest BCUT2D eigenvalue weighted by Crippen LogP contribution is 2.18. The van der Waals surface area contributed by atoms with E-state index in [1.807, 2.05) is 13.8 Å². The first-order valence-electron chi connectivity index (χ1n) is 5.07. The third-order valence-corrected chi connectivity index (χ3v) is 4.50. The van der Waals surface area contributed by atoms with Crippen LogP contribution in [-0.4, -0.2) is 57.5 Å². The minimum atomic E-state index is -3.22. The Balaban J connectivity index is 2.74. The Morgan fingerprint density at radius 2 is 1.87 bits per heavy atom. The quantitative estimate of drug-likeness (QED) is 0.694. The normalized spacial score (nSPS) is 29.3. The van der Waals surface area contributed by atoms with E-state index in [-0.39, 0.29) is 24.4 Å². The van der Waals surface area contributed by atoms with Crippen LogP contribution in [0.25, 0.3) is 0 Å². The standard InChI is InChI=1S/C9H19NO4S/c1-8-6-14-7-9(2)10(8)15(11,12)5-4-13-3/h8-9H,4-7H2,1-3H3. The highest BCUT2D eigenvalue weighted by atomic mass is 32.2. The molecule has 15 heavy (non-hydrogen) atoms. The molecule has 0 spiro atoms. The molecule has 0 aromatic heterocycles. The number of methoxy groups -OCH3 is 1. The molecule has 1 fully saturated rings. The average molecular weight is 237 g/mol. The Kier molecular flexibility index (Phi) is 4.51. The summed E-state index contributed by atoms with van der Waals surface area (Å²) in [5, 5.41) is 0. The summed E-state index contributed by atoms with van der Waals surface area (Å²) in [6.45, 7) is 4.90. The molecule has 0 radical (unpaired) electrons. The Morgan fingerprint density at radius 1 is 1.33 bits per heavy atom. The van der Waals surface area contributed by atoms with E-state index in [1.54, 1.807) is 0 Å². The maximum absolute atomic E-state index is 12.0. The SMILES string of the molecule is COCCS(=O)(=O)N1C(C)COCC1C. The Morgan fingerprint density at radius 3 is 2.33 bits per heavy atom. The van der Waals surface area contributed by atoms with Gasteiger partial charge in [0, 0.05) is 19.2 Å². The molecular weight excluding hydrogens is 218 g/mol. The highest BCUT2D eigenvalue weighted by Gasteiger charge is 2.34. The van der Waals surface area contributed by atoms with E-state index >= 15 is 0 Å². The zero-order valence-electron chi connectivity index (χ0n) is 9.47. The zero-order chi connectivity index (χ0) is 11.5. The Labute approximate surface area is 91.4 Å². The van der Waals surface area contributed by atoms with E-state index in [9.17, 15) is 8.42 Å². The summed E-state index contributed by atoms with van der Waals surface area (Å²) in [4.78, 5) is 0. The van der Waals surface area contributed by atoms with Gasteiger partial charge in [0.2, 0.25) is 10.0 Å². The summed E-state index contributed by atoms with van der Waals surface area (Å²) < 4.78 is 35.5. The van der Waals surface area contributed by atoms with Crippen molar-refractivity contribution < 1.29 is 17.9 Å². The van der Waals surface area contributed by atoms with Crippen LogP contribution in [0.1, 0.15) is 13.8 Å². The molecule has 0 aromatic carbocycles. The van der Waals surface area contributed by atoms with Crippen molar-refractivity contribution in [3.8, 4) is 0 Å². The van der Waals surface area contributed by atoms with Gasteiger partial charge in [-0.25, -0.2) is 8.42 Å². The Bertz CT molecular complexity index is 280. The molecule has 0 aliphatic carbocycles. The predicted octanol–water partition coefficient (Wildman–Crippen LogP) is 0.0718. The van der Waals surface area contributed by atoms with Gasteiger partial charge in [0.25, 0.3) is 0 Å². The van der Waals surface area contributed by atoms with Gasteiger partial charge in [-0.3, -0.25) is 0 Å². The van der Waals surface area contributed by atoms with Crippen LogP contribution in [0.4, 0.5) is 0 Å². The fraction of sp³-hybridized carbons (Fsp3) is 1.00. The first kappa shape index (κ1) is 12.9. The topological polar surface area (TPSA) is 55.8 Å². The van der Waals surface area contributed by atoms with E-state index in [0.717, 1.165) is 0 Å². The number of rotatable bonds is 4. The van der Waals surface area contributed by atoms with Gasteiger partial charge >= 0.3 is 0 Å². The summed E-state index contributed by atoms with van der Waals surface area (Å²) in [6.07, 6.45) is 0. The van der Waals surface area contributed by atoms with Crippen molar-refractivity contribution in [1.29, 1.82) is 0 Å². The molecule has 1 aliphatic heterocycles. The molecule has 1 saturated heterocycles. The van der Waals surface area contributed by atoms with Crippen LogP contribution in [-0.2, 0) is 19.5 Å². The molecule has 90 valence electrons. The summed E-state index contributed by atoms with van der Waals surface area (Å²) in [5.41, 5.74) is 0. The van der Waals surface area contributed by atoms with Gasteiger partial charge in [-0.05, 0) is 13.8 Å². The minimum Gasteiger partial charge on any atom is -0.384 e. The second kappa shape index (κ2) is 5.25. The maximum Gasteiger partial charge on any atom is 0.217 e. The van der Waals surface area contributed by atoms with Crippen LogP contribution < -0.4 is 0 Å². The van der Waals surface area contributed by atoms with Crippen LogP contribution in [0.15, 0.2) is 0 Å². The van der Waals surface area contributed by atoms with Crippen molar-refractivity contribution in [3.05, 3.63) is 0 Å². The third-order valence-electron chi connectivity index (χ3n) is 2.45. The lowest BCUT2D eigenvalue weighted by atomic mass is 10.2. The summed E-state index contributed by atoms with van der Waals surface area (Å²) in [6, 6.07) is -0.175. The number of sulfonamides is 1. The lowest BCUT2D eigenvalue weighted by molar-refractivity contribution is 0.00614. The predicted molar refractivity (Wildman–Crippen MR) is 57.2 cm³/mol. The number of hydrogen-bond acceptors (Lipinski definition) is 4. The van der Waals surface area contributed by atoms with Crippen molar-refractivity contribution in [1.82, 2.24) is 4.31 Å². The highest BCUT2D eigenvalue weighted by molar-refractivity contribution is 7.89. The fourth-order valence-corrected chi connectivity index (χ4v) is 3.64. The number of ether oxygens (including phenoxy) is 2. The summed E-state index contributed by atoms with van der Waals surface area (Å²) in [5.74, 6) is 0.0399. The smallest absolute Gasteiger partial charge is 0.217 e. The second-order valence-corrected chi connectivity index (χ2v) is 5.87. The van der Waals surface area contributed by atoms with Crippen molar-refractivity contribution in [3.63, 3.8) is 0 Å². The number of hydrogen-bond donors (Lipinski definition) is 0. The third kappa shape index (κ3) is 3.14. The van der Waals surface area contributed by atoms with E-state index in [1.165, 1.54) is 11.4 Å². The fourth-order valence-electron chi connectivity index (χ4n) is 1.83. The molecule has 0 saturated carbocycles. The zero-order valence-corrected chi connectivity index (χ0v) is 10.3. The van der Waals surface area contributed by atoms with Crippen molar-refractivity contribution >= 4 is 10.0 Å². The molecule has 0 aromatic rings. The molecule has 2 atom stereocenters. The molecule has 6 heteroatoms. The molecule has 1 aliphatic rings. The van der Waals surface area contributed by atoms with E-state index < -0.39 is 10.0 Å². The summed E-state index contributed by atoms with van der Waals surface area (Å²) >= 11 is 0. The van der Waals surface area contributed by atoms with Crippen LogP contribution in [0.2, 0.25) is 0 Å². The molecule has 0 bridgehead atoms. The van der Waals surface area contributed by atoms with Gasteiger partial charge in [0.05, 0.1) is 25.6 Å². The van der Waals surface area contributed by atoms with Gasteiger partial charge in [-0.15, -0.1) is 0 Å². The number of nitrogens with zero attached hydrogens (tertiary/aromatic N) is 1. The number of morpholine rings is 1. The average Bonchev–Trinajstić information content (AvgIpc) is 2.14. The molecule has 0 amide bonds. The second-order valence-electron chi connectivity index (χ2n) is 3.87. The molecule has 5 nitrogen and oxygen atoms in total.